The van der Waals surface area contributed by atoms with Gasteiger partial charge in [-0.05, 0) is 67.4 Å². The molecular weight excluding hydrogens is 313 g/mol. The molecule has 0 fully saturated rings. The highest BCUT2D eigenvalue weighted by Crippen LogP contribution is 2.31. The zero-order chi connectivity index (χ0) is 14.9. The average molecular weight is 329 g/mol. The fraction of sp³-hybridized carbons (Fsp3) is 0.250. The predicted molar refractivity (Wildman–Crippen MR) is 88.3 cm³/mol. The Labute approximate surface area is 134 Å². The first-order chi connectivity index (χ1) is 9.42. The van der Waals surface area contributed by atoms with Crippen LogP contribution >= 0.6 is 34.8 Å². The second-order valence-corrected chi connectivity index (χ2v) is 6.16. The molecule has 0 spiro atoms. The van der Waals surface area contributed by atoms with Crippen LogP contribution in [-0.4, -0.2) is 7.05 Å². The van der Waals surface area contributed by atoms with Gasteiger partial charge in [-0.2, -0.15) is 0 Å². The second-order valence-electron chi connectivity index (χ2n) is 4.88. The van der Waals surface area contributed by atoms with Gasteiger partial charge in [-0.25, -0.2) is 0 Å². The van der Waals surface area contributed by atoms with E-state index < -0.39 is 0 Å². The Morgan fingerprint density at radius 3 is 2.00 bits per heavy atom. The Bertz CT molecular complexity index is 618. The van der Waals surface area contributed by atoms with Crippen molar-refractivity contribution in [1.82, 2.24) is 5.32 Å². The van der Waals surface area contributed by atoms with Gasteiger partial charge in [0.1, 0.15) is 0 Å². The lowest BCUT2D eigenvalue weighted by Gasteiger charge is -2.21. The quantitative estimate of drug-likeness (QED) is 0.776. The lowest BCUT2D eigenvalue weighted by Crippen LogP contribution is -2.19. The highest BCUT2D eigenvalue weighted by molar-refractivity contribution is 6.34. The van der Waals surface area contributed by atoms with E-state index in [1.54, 1.807) is 6.07 Å². The Hall–Kier alpha value is -0.730. The van der Waals surface area contributed by atoms with Crippen molar-refractivity contribution in [1.29, 1.82) is 0 Å². The molecule has 0 heterocycles. The number of hydrogen-bond donors (Lipinski definition) is 1. The highest BCUT2D eigenvalue weighted by Gasteiger charge is 2.16. The van der Waals surface area contributed by atoms with Gasteiger partial charge in [0.05, 0.1) is 6.04 Å². The van der Waals surface area contributed by atoms with Crippen LogP contribution in [0.1, 0.15) is 28.3 Å². The van der Waals surface area contributed by atoms with Gasteiger partial charge in [0, 0.05) is 15.1 Å². The van der Waals surface area contributed by atoms with Crippen LogP contribution in [0, 0.1) is 13.8 Å². The fourth-order valence-electron chi connectivity index (χ4n) is 2.36. The van der Waals surface area contributed by atoms with Crippen molar-refractivity contribution in [3.05, 3.63) is 67.7 Å². The second kappa shape index (κ2) is 6.36. The van der Waals surface area contributed by atoms with Crippen molar-refractivity contribution in [3.8, 4) is 0 Å². The zero-order valence-electron chi connectivity index (χ0n) is 11.6. The first-order valence-corrected chi connectivity index (χ1v) is 7.45. The molecule has 4 heteroatoms. The van der Waals surface area contributed by atoms with E-state index in [4.69, 9.17) is 34.8 Å². The summed E-state index contributed by atoms with van der Waals surface area (Å²) in [5.74, 6) is 0. The molecular formula is C16H16Cl3N. The summed E-state index contributed by atoms with van der Waals surface area (Å²) in [6.45, 7) is 4.06. The van der Waals surface area contributed by atoms with Crippen LogP contribution in [0.2, 0.25) is 15.1 Å². The van der Waals surface area contributed by atoms with E-state index >= 15 is 0 Å². The molecule has 0 aromatic heterocycles. The lowest BCUT2D eigenvalue weighted by atomic mass is 9.93. The zero-order valence-corrected chi connectivity index (χ0v) is 13.9. The minimum absolute atomic E-state index is 0.0298. The van der Waals surface area contributed by atoms with Gasteiger partial charge in [0.25, 0.3) is 0 Å². The maximum Gasteiger partial charge on any atom is 0.0578 e. The van der Waals surface area contributed by atoms with Gasteiger partial charge in [0.15, 0.2) is 0 Å². The monoisotopic (exact) mass is 327 g/mol. The molecule has 1 atom stereocenters. The highest BCUT2D eigenvalue weighted by atomic mass is 35.5. The van der Waals surface area contributed by atoms with E-state index in [0.717, 1.165) is 21.7 Å². The van der Waals surface area contributed by atoms with Crippen LogP contribution in [0.4, 0.5) is 0 Å². The third-order valence-electron chi connectivity index (χ3n) is 3.37. The van der Waals surface area contributed by atoms with Crippen LogP contribution in [0.3, 0.4) is 0 Å². The Morgan fingerprint density at radius 2 is 1.45 bits per heavy atom. The van der Waals surface area contributed by atoms with Gasteiger partial charge in [0.2, 0.25) is 0 Å². The summed E-state index contributed by atoms with van der Waals surface area (Å²) in [6.07, 6.45) is 0. The number of benzene rings is 2. The summed E-state index contributed by atoms with van der Waals surface area (Å²) < 4.78 is 0. The molecule has 0 aliphatic carbocycles. The SMILES string of the molecule is CNC(c1cc(Cl)cc(Cl)c1)c1cc(C)c(Cl)cc1C. The molecule has 2 rings (SSSR count). The number of aryl methyl sites for hydroxylation is 2. The normalized spacial score (nSPS) is 12.5. The van der Waals surface area contributed by atoms with Crippen LogP contribution < -0.4 is 5.32 Å². The number of halogens is 3. The van der Waals surface area contributed by atoms with E-state index in [1.165, 1.54) is 5.56 Å². The van der Waals surface area contributed by atoms with Crippen LogP contribution in [-0.2, 0) is 0 Å². The third kappa shape index (κ3) is 3.29. The molecule has 1 unspecified atom stereocenters. The maximum absolute atomic E-state index is 6.17. The van der Waals surface area contributed by atoms with Gasteiger partial charge in [-0.15, -0.1) is 0 Å². The number of hydrogen-bond acceptors (Lipinski definition) is 1. The van der Waals surface area contributed by atoms with Crippen LogP contribution in [0.15, 0.2) is 30.3 Å². The van der Waals surface area contributed by atoms with E-state index in [2.05, 4.69) is 18.3 Å². The average Bonchev–Trinajstić information content (AvgIpc) is 2.35. The van der Waals surface area contributed by atoms with E-state index in [9.17, 15) is 0 Å². The Morgan fingerprint density at radius 1 is 0.850 bits per heavy atom. The summed E-state index contributed by atoms with van der Waals surface area (Å²) in [5, 5.41) is 5.37. The summed E-state index contributed by atoms with van der Waals surface area (Å²) in [6, 6.07) is 9.72. The molecule has 1 nitrogen and oxygen atoms in total. The van der Waals surface area contributed by atoms with E-state index in [1.807, 2.05) is 32.2 Å². The van der Waals surface area contributed by atoms with Crippen LogP contribution in [0.25, 0.3) is 0 Å². The molecule has 0 bridgehead atoms. The largest absolute Gasteiger partial charge is 0.309 e. The van der Waals surface area contributed by atoms with Crippen molar-refractivity contribution >= 4 is 34.8 Å². The maximum atomic E-state index is 6.17. The van der Waals surface area contributed by atoms with Gasteiger partial charge < -0.3 is 5.32 Å². The minimum Gasteiger partial charge on any atom is -0.309 e. The molecule has 0 saturated carbocycles. The summed E-state index contributed by atoms with van der Waals surface area (Å²) >= 11 is 18.4. The van der Waals surface area contributed by atoms with Gasteiger partial charge in [-0.3, -0.25) is 0 Å². The molecule has 0 radical (unpaired) electrons. The van der Waals surface area contributed by atoms with Crippen molar-refractivity contribution < 1.29 is 0 Å². The first-order valence-electron chi connectivity index (χ1n) is 6.32. The molecule has 1 N–H and O–H groups in total. The van der Waals surface area contributed by atoms with Gasteiger partial charge >= 0.3 is 0 Å². The summed E-state index contributed by atoms with van der Waals surface area (Å²) in [5.41, 5.74) is 4.40. The summed E-state index contributed by atoms with van der Waals surface area (Å²) in [7, 11) is 1.92. The molecule has 2 aromatic carbocycles. The van der Waals surface area contributed by atoms with E-state index in [-0.39, 0.29) is 6.04 Å². The number of nitrogens with one attached hydrogen (secondary N) is 1. The summed E-state index contributed by atoms with van der Waals surface area (Å²) in [4.78, 5) is 0. The van der Waals surface area contributed by atoms with Crippen molar-refractivity contribution in [2.24, 2.45) is 0 Å². The van der Waals surface area contributed by atoms with Crippen molar-refractivity contribution in [3.63, 3.8) is 0 Å². The molecule has 0 aliphatic heterocycles. The topological polar surface area (TPSA) is 12.0 Å². The van der Waals surface area contributed by atoms with Crippen molar-refractivity contribution in [2.75, 3.05) is 7.05 Å². The standard InChI is InChI=1S/C16H16Cl3N/c1-9-5-15(19)10(2)4-14(9)16(20-3)11-6-12(17)8-13(18)7-11/h4-8,16,20H,1-3H3. The first kappa shape index (κ1) is 15.7. The fourth-order valence-corrected chi connectivity index (χ4v) is 3.12. The molecule has 0 amide bonds. The Kier molecular flexibility index (Phi) is 4.98. The van der Waals surface area contributed by atoms with Gasteiger partial charge in [-0.1, -0.05) is 40.9 Å². The molecule has 106 valence electrons. The molecule has 2 aromatic rings. The molecule has 0 aliphatic rings. The molecule has 20 heavy (non-hydrogen) atoms. The van der Waals surface area contributed by atoms with Crippen LogP contribution in [0.5, 0.6) is 0 Å². The van der Waals surface area contributed by atoms with E-state index in [0.29, 0.717) is 10.0 Å². The lowest BCUT2D eigenvalue weighted by molar-refractivity contribution is 0.687. The molecule has 0 saturated heterocycles. The third-order valence-corrected chi connectivity index (χ3v) is 4.21. The van der Waals surface area contributed by atoms with Crippen molar-refractivity contribution in [2.45, 2.75) is 19.9 Å². The predicted octanol–water partition coefficient (Wildman–Crippen LogP) is 5.57. The minimum atomic E-state index is 0.0298. The smallest absolute Gasteiger partial charge is 0.0578 e. The Balaban J connectivity index is 2.55. The number of rotatable bonds is 3.